The summed E-state index contributed by atoms with van der Waals surface area (Å²) < 4.78 is 191. The maximum absolute atomic E-state index is 13.5. The van der Waals surface area contributed by atoms with E-state index in [9.17, 15) is 65.5 Å². The van der Waals surface area contributed by atoms with Gasteiger partial charge in [0, 0.05) is 19.6 Å². The fraction of sp³-hybridized carbons (Fsp3) is 1.00. The predicted molar refractivity (Wildman–Crippen MR) is 71.4 cm³/mol. The molecule has 0 aromatic carbocycles. The summed E-state index contributed by atoms with van der Waals surface area (Å²) in [6.45, 7) is -0.480. The number of hydroxylamine groups is 2. The van der Waals surface area contributed by atoms with Crippen LogP contribution in [0.3, 0.4) is 0 Å². The van der Waals surface area contributed by atoms with Crippen molar-refractivity contribution < 1.29 is 70.7 Å². The van der Waals surface area contributed by atoms with Gasteiger partial charge >= 0.3 is 35.1 Å². The average Bonchev–Trinajstić information content (AvgIpc) is 2.56. The fourth-order valence-electron chi connectivity index (χ4n) is 1.64. The molecule has 0 amide bonds. The van der Waals surface area contributed by atoms with Crippen molar-refractivity contribution in [3.05, 3.63) is 0 Å². The normalized spacial score (nSPS) is 15.7. The standard InChI is InChI=1S/C11H13F13N2O3S/c1-2-26(27)5-3-4-25-30(28,29)11(23,24)9(18,19)7(14,15)6(12,13)8(16,17)10(20,21)22/h25,27H,2-5H2,1H3. The monoisotopic (exact) mass is 500 g/mol. The molecule has 5 nitrogen and oxygen atoms in total. The van der Waals surface area contributed by atoms with Crippen molar-refractivity contribution in [1.82, 2.24) is 9.79 Å². The van der Waals surface area contributed by atoms with Crippen LogP contribution in [0.1, 0.15) is 13.3 Å². The molecule has 19 heteroatoms. The topological polar surface area (TPSA) is 69.6 Å². The number of alkyl halides is 13. The highest BCUT2D eigenvalue weighted by Gasteiger charge is 2.92. The third kappa shape index (κ3) is 4.57. The van der Waals surface area contributed by atoms with Crippen LogP contribution >= 0.6 is 0 Å². The summed E-state index contributed by atoms with van der Waals surface area (Å²) in [6.07, 6.45) is -8.21. The molecular weight excluding hydrogens is 487 g/mol. The summed E-state index contributed by atoms with van der Waals surface area (Å²) in [4.78, 5) is 0. The van der Waals surface area contributed by atoms with E-state index in [4.69, 9.17) is 5.21 Å². The number of sulfonamides is 1. The molecule has 0 radical (unpaired) electrons. The van der Waals surface area contributed by atoms with Crippen molar-refractivity contribution in [2.75, 3.05) is 19.6 Å². The van der Waals surface area contributed by atoms with Gasteiger partial charge < -0.3 is 5.21 Å². The smallest absolute Gasteiger partial charge is 0.314 e. The quantitative estimate of drug-likeness (QED) is 0.258. The highest BCUT2D eigenvalue weighted by Crippen LogP contribution is 2.60. The lowest BCUT2D eigenvalue weighted by atomic mass is 9.98. The summed E-state index contributed by atoms with van der Waals surface area (Å²) in [5.41, 5.74) is 0. The van der Waals surface area contributed by atoms with Crippen LogP contribution < -0.4 is 4.72 Å². The van der Waals surface area contributed by atoms with Gasteiger partial charge in [-0.25, -0.2) is 13.1 Å². The molecule has 0 rings (SSSR count). The predicted octanol–water partition coefficient (Wildman–Crippen LogP) is 3.70. The van der Waals surface area contributed by atoms with Crippen LogP contribution in [-0.4, -0.2) is 73.4 Å². The summed E-state index contributed by atoms with van der Waals surface area (Å²) in [6, 6.07) is 0. The van der Waals surface area contributed by atoms with Crippen LogP contribution in [0, 0.1) is 0 Å². The van der Waals surface area contributed by atoms with E-state index >= 15 is 0 Å². The maximum Gasteiger partial charge on any atom is 0.460 e. The van der Waals surface area contributed by atoms with Gasteiger partial charge in [0.05, 0.1) is 0 Å². The second kappa shape index (κ2) is 8.45. The molecule has 30 heavy (non-hydrogen) atoms. The molecule has 0 aromatic heterocycles. The summed E-state index contributed by atoms with van der Waals surface area (Å²) in [5, 5.41) is 2.14. The number of nitrogens with zero attached hydrogens (tertiary/aromatic N) is 1. The van der Waals surface area contributed by atoms with E-state index < -0.39 is 64.7 Å². The molecule has 0 atom stereocenters. The van der Waals surface area contributed by atoms with E-state index in [2.05, 4.69) is 0 Å². The number of hydrogen-bond donors (Lipinski definition) is 2. The Morgan fingerprint density at radius 3 is 1.53 bits per heavy atom. The van der Waals surface area contributed by atoms with Crippen LogP contribution in [0.5, 0.6) is 0 Å². The zero-order valence-electron chi connectivity index (χ0n) is 14.4. The first-order valence-electron chi connectivity index (χ1n) is 7.34. The van der Waals surface area contributed by atoms with Crippen molar-refractivity contribution in [1.29, 1.82) is 0 Å². The van der Waals surface area contributed by atoms with Gasteiger partial charge in [-0.1, -0.05) is 6.92 Å². The number of hydrogen-bond acceptors (Lipinski definition) is 4. The van der Waals surface area contributed by atoms with Crippen molar-refractivity contribution in [2.45, 2.75) is 48.5 Å². The molecule has 0 fully saturated rings. The number of rotatable bonds is 11. The van der Waals surface area contributed by atoms with Crippen molar-refractivity contribution in [2.24, 2.45) is 0 Å². The fourth-order valence-corrected chi connectivity index (χ4v) is 2.70. The van der Waals surface area contributed by atoms with Gasteiger partial charge in [-0.15, -0.1) is 0 Å². The van der Waals surface area contributed by atoms with Crippen LogP contribution in [0.2, 0.25) is 0 Å². The molecule has 0 aliphatic carbocycles. The first kappa shape index (κ1) is 28.9. The Morgan fingerprint density at radius 1 is 0.767 bits per heavy atom. The molecule has 0 spiro atoms. The van der Waals surface area contributed by atoms with E-state index in [-0.39, 0.29) is 6.54 Å². The van der Waals surface area contributed by atoms with Crippen LogP contribution in [-0.2, 0) is 10.0 Å². The maximum atomic E-state index is 13.5. The van der Waals surface area contributed by atoms with Gasteiger partial charge in [0.15, 0.2) is 0 Å². The zero-order chi connectivity index (χ0) is 24.6. The lowest BCUT2D eigenvalue weighted by Crippen LogP contribution is -2.71. The summed E-state index contributed by atoms with van der Waals surface area (Å²) in [7, 11) is -7.02. The Hall–Kier alpha value is -1.08. The third-order valence-electron chi connectivity index (χ3n) is 3.49. The lowest BCUT2D eigenvalue weighted by molar-refractivity contribution is -0.433. The minimum absolute atomic E-state index is 0.0876. The van der Waals surface area contributed by atoms with Crippen molar-refractivity contribution in [3.63, 3.8) is 0 Å². The lowest BCUT2D eigenvalue weighted by Gasteiger charge is -2.39. The number of nitrogens with one attached hydrogen (secondary N) is 1. The Bertz CT molecular complexity index is 693. The minimum atomic E-state index is -8.19. The third-order valence-corrected chi connectivity index (χ3v) is 5.01. The molecule has 0 saturated heterocycles. The van der Waals surface area contributed by atoms with E-state index in [0.29, 0.717) is 9.79 Å². The van der Waals surface area contributed by atoms with E-state index in [1.54, 1.807) is 0 Å². The van der Waals surface area contributed by atoms with Gasteiger partial charge in [-0.05, 0) is 6.42 Å². The first-order valence-corrected chi connectivity index (χ1v) is 8.82. The summed E-state index contributed by atoms with van der Waals surface area (Å²) in [5.74, 6) is -32.2. The average molecular weight is 500 g/mol. The largest absolute Gasteiger partial charge is 0.460 e. The first-order chi connectivity index (χ1) is 13.0. The molecule has 0 aromatic rings. The van der Waals surface area contributed by atoms with Crippen LogP contribution in [0.15, 0.2) is 0 Å². The summed E-state index contributed by atoms with van der Waals surface area (Å²) >= 11 is 0. The van der Waals surface area contributed by atoms with Crippen LogP contribution in [0.4, 0.5) is 57.1 Å². The SMILES string of the molecule is CCN(O)CCCNS(=O)(=O)C(F)(F)C(F)(F)C(F)(F)C(F)(F)C(F)(F)C(F)(F)F. The molecule has 0 aliphatic heterocycles. The Kier molecular flexibility index (Phi) is 8.15. The van der Waals surface area contributed by atoms with Gasteiger partial charge in [-0.2, -0.15) is 62.1 Å². The molecule has 0 aliphatic rings. The number of halogens is 13. The molecule has 0 saturated carbocycles. The van der Waals surface area contributed by atoms with Crippen LogP contribution in [0.25, 0.3) is 0 Å². The van der Waals surface area contributed by atoms with Crippen molar-refractivity contribution >= 4 is 10.0 Å². The van der Waals surface area contributed by atoms with Gasteiger partial charge in [0.1, 0.15) is 0 Å². The Morgan fingerprint density at radius 2 is 1.17 bits per heavy atom. The van der Waals surface area contributed by atoms with E-state index in [1.807, 2.05) is 0 Å². The second-order valence-electron chi connectivity index (χ2n) is 5.61. The van der Waals surface area contributed by atoms with E-state index in [0.717, 1.165) is 0 Å². The highest BCUT2D eigenvalue weighted by molar-refractivity contribution is 7.90. The van der Waals surface area contributed by atoms with Crippen molar-refractivity contribution in [3.8, 4) is 0 Å². The molecule has 182 valence electrons. The second-order valence-corrected chi connectivity index (χ2v) is 7.42. The molecular formula is C11H13F13N2O3S. The zero-order valence-corrected chi connectivity index (χ0v) is 15.2. The molecule has 0 unspecified atom stereocenters. The Labute approximate surface area is 159 Å². The molecule has 2 N–H and O–H groups in total. The Balaban J connectivity index is 6.00. The van der Waals surface area contributed by atoms with Gasteiger partial charge in [0.25, 0.3) is 10.0 Å². The van der Waals surface area contributed by atoms with E-state index in [1.165, 1.54) is 6.92 Å². The van der Waals surface area contributed by atoms with Gasteiger partial charge in [0.2, 0.25) is 0 Å². The molecule has 0 heterocycles. The minimum Gasteiger partial charge on any atom is -0.314 e. The molecule has 0 bridgehead atoms. The van der Waals surface area contributed by atoms with Gasteiger partial charge in [-0.3, -0.25) is 0 Å². The highest BCUT2D eigenvalue weighted by atomic mass is 32.2.